The third-order valence-electron chi connectivity index (χ3n) is 4.97. The Balaban J connectivity index is 1.63. The van der Waals surface area contributed by atoms with E-state index < -0.39 is 5.92 Å². The molecule has 1 aliphatic heterocycles. The number of carbonyl (C=O) groups excluding carboxylic acids is 1. The zero-order chi connectivity index (χ0) is 15.7. The van der Waals surface area contributed by atoms with E-state index in [0.717, 1.165) is 24.9 Å². The molecule has 1 saturated heterocycles. The summed E-state index contributed by atoms with van der Waals surface area (Å²) >= 11 is 0. The Bertz CT molecular complexity index is 536. The molecule has 3 rings (SSSR count). The van der Waals surface area contributed by atoms with Gasteiger partial charge in [0.25, 0.3) is 0 Å². The van der Waals surface area contributed by atoms with Crippen LogP contribution in [0.2, 0.25) is 0 Å². The molecule has 0 aromatic heterocycles. The number of nitrogens with one attached hydrogen (secondary N) is 1. The lowest BCUT2D eigenvalue weighted by atomic mass is 9.68. The summed E-state index contributed by atoms with van der Waals surface area (Å²) in [7, 11) is 1.36. The van der Waals surface area contributed by atoms with Gasteiger partial charge in [-0.25, -0.2) is 13.6 Å². The number of hydrogen-bond donors (Lipinski definition) is 1. The highest BCUT2D eigenvalue weighted by atomic mass is 19.3. The zero-order valence-corrected chi connectivity index (χ0v) is 12.6. The lowest BCUT2D eigenvalue weighted by Crippen LogP contribution is -2.44. The molecule has 1 aromatic carbocycles. The maximum Gasteiger partial charge on any atom is 0.337 e. The number of methoxy groups -OCH3 is 1. The Morgan fingerprint density at radius 2 is 1.91 bits per heavy atom. The second-order valence-electron chi connectivity index (χ2n) is 6.43. The van der Waals surface area contributed by atoms with E-state index in [0.29, 0.717) is 11.5 Å². The van der Waals surface area contributed by atoms with Gasteiger partial charge < -0.3 is 10.1 Å². The van der Waals surface area contributed by atoms with Crippen LogP contribution in [0.25, 0.3) is 0 Å². The van der Waals surface area contributed by atoms with Crippen LogP contribution in [0.15, 0.2) is 24.3 Å². The lowest BCUT2D eigenvalue weighted by molar-refractivity contribution is -0.130. The van der Waals surface area contributed by atoms with E-state index in [9.17, 15) is 13.6 Å². The van der Waals surface area contributed by atoms with Crippen molar-refractivity contribution < 1.29 is 18.3 Å². The van der Waals surface area contributed by atoms with E-state index in [1.54, 1.807) is 12.1 Å². The third-order valence-corrected chi connectivity index (χ3v) is 4.97. The van der Waals surface area contributed by atoms with Gasteiger partial charge in [0.15, 0.2) is 0 Å². The van der Waals surface area contributed by atoms with E-state index in [2.05, 4.69) is 10.1 Å². The molecule has 22 heavy (non-hydrogen) atoms. The monoisotopic (exact) mass is 309 g/mol. The van der Waals surface area contributed by atoms with Gasteiger partial charge in [0.1, 0.15) is 0 Å². The molecular weight excluding hydrogens is 288 g/mol. The summed E-state index contributed by atoms with van der Waals surface area (Å²) in [5, 5.41) is 3.45. The van der Waals surface area contributed by atoms with Crippen molar-refractivity contribution in [2.45, 2.75) is 37.6 Å². The zero-order valence-electron chi connectivity index (χ0n) is 12.6. The lowest BCUT2D eigenvalue weighted by Gasteiger charge is -2.43. The number of piperidine rings is 1. The molecule has 0 bridgehead atoms. The standard InChI is InChI=1S/C17H21F2NO2/c1-22-16(21)12-4-2-11(3-5-12)15-8-13(6-7-20-15)14-9-17(18,19)10-14/h2-5,13-15,20H,6-10H2,1H3. The van der Waals surface area contributed by atoms with Crippen molar-refractivity contribution in [2.75, 3.05) is 13.7 Å². The van der Waals surface area contributed by atoms with Crippen LogP contribution in [0.5, 0.6) is 0 Å². The first-order chi connectivity index (χ1) is 10.5. The van der Waals surface area contributed by atoms with Gasteiger partial charge in [-0.3, -0.25) is 0 Å². The van der Waals surface area contributed by atoms with Crippen LogP contribution in [-0.2, 0) is 4.74 Å². The van der Waals surface area contributed by atoms with Crippen LogP contribution in [0.4, 0.5) is 8.78 Å². The SMILES string of the molecule is COC(=O)c1ccc(C2CC(C3CC(F)(F)C3)CCN2)cc1. The summed E-state index contributed by atoms with van der Waals surface area (Å²) in [4.78, 5) is 11.4. The highest BCUT2D eigenvalue weighted by Crippen LogP contribution is 2.49. The molecule has 1 aromatic rings. The molecule has 2 atom stereocenters. The van der Waals surface area contributed by atoms with Crippen molar-refractivity contribution in [3.05, 3.63) is 35.4 Å². The first-order valence-corrected chi connectivity index (χ1v) is 7.78. The average molecular weight is 309 g/mol. The number of alkyl halides is 2. The summed E-state index contributed by atoms with van der Waals surface area (Å²) in [6.07, 6.45) is 1.95. The highest BCUT2D eigenvalue weighted by molar-refractivity contribution is 5.89. The molecule has 1 heterocycles. The van der Waals surface area contributed by atoms with Crippen molar-refractivity contribution in [3.8, 4) is 0 Å². The quantitative estimate of drug-likeness (QED) is 0.868. The van der Waals surface area contributed by atoms with Crippen LogP contribution in [0.3, 0.4) is 0 Å². The van der Waals surface area contributed by atoms with Crippen LogP contribution < -0.4 is 5.32 Å². The second-order valence-corrected chi connectivity index (χ2v) is 6.43. The van der Waals surface area contributed by atoms with Gasteiger partial charge in [0.05, 0.1) is 12.7 Å². The predicted octanol–water partition coefficient (Wildman–Crippen LogP) is 3.56. The minimum Gasteiger partial charge on any atom is -0.465 e. The molecule has 5 heteroatoms. The van der Waals surface area contributed by atoms with E-state index >= 15 is 0 Å². The number of hydrogen-bond acceptors (Lipinski definition) is 3. The number of rotatable bonds is 3. The first-order valence-electron chi connectivity index (χ1n) is 7.78. The first kappa shape index (κ1) is 15.4. The normalized spacial score (nSPS) is 28.0. The molecule has 2 fully saturated rings. The maximum absolute atomic E-state index is 13.1. The van der Waals surface area contributed by atoms with E-state index in [1.807, 2.05) is 12.1 Å². The molecule has 2 aliphatic rings. The molecule has 1 saturated carbocycles. The van der Waals surface area contributed by atoms with Crippen LogP contribution >= 0.6 is 0 Å². The molecule has 0 spiro atoms. The van der Waals surface area contributed by atoms with Gasteiger partial charge in [-0.15, -0.1) is 0 Å². The molecular formula is C17H21F2NO2. The summed E-state index contributed by atoms with van der Waals surface area (Å²) in [5.41, 5.74) is 1.63. The van der Waals surface area contributed by atoms with Gasteiger partial charge in [-0.05, 0) is 48.9 Å². The molecule has 120 valence electrons. The average Bonchev–Trinajstić information content (AvgIpc) is 2.52. The fourth-order valence-electron chi connectivity index (χ4n) is 3.64. The Kier molecular flexibility index (Phi) is 4.17. The van der Waals surface area contributed by atoms with E-state index in [1.165, 1.54) is 7.11 Å². The Hall–Kier alpha value is -1.49. The van der Waals surface area contributed by atoms with E-state index in [-0.39, 0.29) is 30.8 Å². The number of ether oxygens (including phenoxy) is 1. The van der Waals surface area contributed by atoms with Crippen LogP contribution in [0.1, 0.15) is 47.6 Å². The van der Waals surface area contributed by atoms with Crippen molar-refractivity contribution >= 4 is 5.97 Å². The van der Waals surface area contributed by atoms with Gasteiger partial charge in [-0.1, -0.05) is 12.1 Å². The summed E-state index contributed by atoms with van der Waals surface area (Å²) in [6, 6.07) is 7.52. The molecule has 3 nitrogen and oxygen atoms in total. The molecule has 0 amide bonds. The Labute approximate surface area is 129 Å². The topological polar surface area (TPSA) is 38.3 Å². The number of halogens is 2. The largest absolute Gasteiger partial charge is 0.465 e. The van der Waals surface area contributed by atoms with Crippen LogP contribution in [0, 0.1) is 11.8 Å². The van der Waals surface area contributed by atoms with Gasteiger partial charge in [0.2, 0.25) is 5.92 Å². The second kappa shape index (κ2) is 5.95. The summed E-state index contributed by atoms with van der Waals surface area (Å²) in [5.74, 6) is -2.26. The summed E-state index contributed by atoms with van der Waals surface area (Å²) < 4.78 is 30.8. The smallest absolute Gasteiger partial charge is 0.337 e. The fourth-order valence-corrected chi connectivity index (χ4v) is 3.64. The molecule has 0 radical (unpaired) electrons. The maximum atomic E-state index is 13.1. The van der Waals surface area contributed by atoms with Gasteiger partial charge in [0, 0.05) is 18.9 Å². The number of esters is 1. The molecule has 2 unspecified atom stereocenters. The summed E-state index contributed by atoms with van der Waals surface area (Å²) in [6.45, 7) is 0.857. The molecule has 1 N–H and O–H groups in total. The molecule has 1 aliphatic carbocycles. The van der Waals surface area contributed by atoms with E-state index in [4.69, 9.17) is 0 Å². The minimum atomic E-state index is -2.44. The highest BCUT2D eigenvalue weighted by Gasteiger charge is 2.48. The Morgan fingerprint density at radius 3 is 2.50 bits per heavy atom. The van der Waals surface area contributed by atoms with Gasteiger partial charge >= 0.3 is 5.97 Å². The fraction of sp³-hybridized carbons (Fsp3) is 0.588. The van der Waals surface area contributed by atoms with Crippen molar-refractivity contribution in [3.63, 3.8) is 0 Å². The van der Waals surface area contributed by atoms with Crippen molar-refractivity contribution in [1.82, 2.24) is 5.32 Å². The van der Waals surface area contributed by atoms with Crippen LogP contribution in [-0.4, -0.2) is 25.5 Å². The number of carbonyl (C=O) groups is 1. The van der Waals surface area contributed by atoms with Crippen molar-refractivity contribution in [2.24, 2.45) is 11.8 Å². The number of benzene rings is 1. The predicted molar refractivity (Wildman–Crippen MR) is 78.9 cm³/mol. The van der Waals surface area contributed by atoms with Crippen molar-refractivity contribution in [1.29, 1.82) is 0 Å². The third kappa shape index (κ3) is 3.14. The van der Waals surface area contributed by atoms with Gasteiger partial charge in [-0.2, -0.15) is 0 Å². The minimum absolute atomic E-state index is 0.0473. The Morgan fingerprint density at radius 1 is 1.23 bits per heavy atom.